The summed E-state index contributed by atoms with van der Waals surface area (Å²) in [6.07, 6.45) is 1.73. The summed E-state index contributed by atoms with van der Waals surface area (Å²) in [7, 11) is 0. The van der Waals surface area contributed by atoms with E-state index < -0.39 is 6.04 Å². The molecule has 0 bridgehead atoms. The van der Waals surface area contributed by atoms with Gasteiger partial charge in [-0.15, -0.1) is 12.4 Å². The molecule has 0 saturated carbocycles. The molecular formula is C16H27ClN2O. The van der Waals surface area contributed by atoms with Crippen molar-refractivity contribution in [3.05, 3.63) is 35.9 Å². The number of nitrogens with one attached hydrogen (secondary N) is 1. The molecule has 3 N–H and O–H groups in total. The molecule has 0 fully saturated rings. The van der Waals surface area contributed by atoms with E-state index in [-0.39, 0.29) is 18.3 Å². The Hall–Kier alpha value is -1.06. The summed E-state index contributed by atoms with van der Waals surface area (Å²) in [6, 6.07) is 9.89. The molecule has 1 aromatic carbocycles. The minimum atomic E-state index is -0.395. The number of halogens is 1. The average Bonchev–Trinajstić information content (AvgIpc) is 2.39. The van der Waals surface area contributed by atoms with Gasteiger partial charge in [-0.25, -0.2) is 0 Å². The summed E-state index contributed by atoms with van der Waals surface area (Å²) in [4.78, 5) is 11.9. The van der Waals surface area contributed by atoms with E-state index in [1.54, 1.807) is 0 Å². The topological polar surface area (TPSA) is 55.1 Å². The Morgan fingerprint density at radius 2 is 1.85 bits per heavy atom. The van der Waals surface area contributed by atoms with Crippen LogP contribution < -0.4 is 11.1 Å². The predicted octanol–water partition coefficient (Wildman–Crippen LogP) is 3.09. The van der Waals surface area contributed by atoms with E-state index >= 15 is 0 Å². The molecule has 0 saturated heterocycles. The highest BCUT2D eigenvalue weighted by Gasteiger charge is 2.16. The minimum absolute atomic E-state index is 0. The van der Waals surface area contributed by atoms with Crippen molar-refractivity contribution in [2.45, 2.75) is 45.6 Å². The highest BCUT2D eigenvalue weighted by molar-refractivity contribution is 5.85. The van der Waals surface area contributed by atoms with Crippen LogP contribution >= 0.6 is 12.4 Å². The summed E-state index contributed by atoms with van der Waals surface area (Å²) >= 11 is 0. The molecule has 2 atom stereocenters. The molecule has 1 amide bonds. The van der Waals surface area contributed by atoms with E-state index in [2.05, 4.69) is 38.2 Å². The number of benzene rings is 1. The molecule has 3 nitrogen and oxygen atoms in total. The van der Waals surface area contributed by atoms with E-state index in [0.29, 0.717) is 18.4 Å². The Bertz CT molecular complexity index is 381. The van der Waals surface area contributed by atoms with Crippen molar-refractivity contribution in [3.63, 3.8) is 0 Å². The first kappa shape index (κ1) is 18.9. The van der Waals surface area contributed by atoms with Gasteiger partial charge in [0, 0.05) is 12.5 Å². The van der Waals surface area contributed by atoms with Gasteiger partial charge in [-0.1, -0.05) is 51.1 Å². The predicted molar refractivity (Wildman–Crippen MR) is 87.2 cm³/mol. The Morgan fingerprint density at radius 3 is 2.35 bits per heavy atom. The Kier molecular flexibility index (Phi) is 9.26. The molecule has 0 heterocycles. The highest BCUT2D eigenvalue weighted by Crippen LogP contribution is 2.18. The van der Waals surface area contributed by atoms with Gasteiger partial charge in [0.1, 0.15) is 0 Å². The molecule has 114 valence electrons. The van der Waals surface area contributed by atoms with Gasteiger partial charge in [0.15, 0.2) is 0 Å². The molecule has 0 aliphatic heterocycles. The van der Waals surface area contributed by atoms with Crippen LogP contribution in [0.5, 0.6) is 0 Å². The standard InChI is InChI=1S/C16H26N2O.ClH/c1-4-13(14-8-6-5-7-9-14)11-18-16(19)15(17)10-12(2)3;/h5-9,12-13,15H,4,10-11,17H2,1-3H3,(H,18,19);1H/t13?,15-;/m0./s1. The second-order valence-electron chi connectivity index (χ2n) is 5.50. The molecule has 1 aromatic rings. The summed E-state index contributed by atoms with van der Waals surface area (Å²) in [5, 5.41) is 2.97. The Labute approximate surface area is 128 Å². The first-order chi connectivity index (χ1) is 9.04. The largest absolute Gasteiger partial charge is 0.354 e. The van der Waals surface area contributed by atoms with Crippen LogP contribution in [0.25, 0.3) is 0 Å². The maximum atomic E-state index is 11.9. The van der Waals surface area contributed by atoms with Crippen LogP contribution in [0.4, 0.5) is 0 Å². The van der Waals surface area contributed by atoms with Crippen LogP contribution in [0.3, 0.4) is 0 Å². The fourth-order valence-electron chi connectivity index (χ4n) is 2.19. The molecule has 0 aliphatic rings. The maximum Gasteiger partial charge on any atom is 0.236 e. The lowest BCUT2D eigenvalue weighted by atomic mass is 9.96. The zero-order valence-electron chi connectivity index (χ0n) is 12.6. The van der Waals surface area contributed by atoms with Gasteiger partial charge in [0.05, 0.1) is 6.04 Å². The minimum Gasteiger partial charge on any atom is -0.354 e. The average molecular weight is 299 g/mol. The third-order valence-electron chi connectivity index (χ3n) is 3.35. The molecule has 4 heteroatoms. The number of hydrogen-bond donors (Lipinski definition) is 2. The number of carbonyl (C=O) groups excluding carboxylic acids is 1. The van der Waals surface area contributed by atoms with E-state index in [0.717, 1.165) is 12.8 Å². The number of hydrogen-bond acceptors (Lipinski definition) is 2. The van der Waals surface area contributed by atoms with Gasteiger partial charge < -0.3 is 11.1 Å². The molecule has 1 unspecified atom stereocenters. The van der Waals surface area contributed by atoms with Crippen LogP contribution in [0.15, 0.2) is 30.3 Å². The fourth-order valence-corrected chi connectivity index (χ4v) is 2.19. The molecular weight excluding hydrogens is 272 g/mol. The van der Waals surface area contributed by atoms with E-state index in [4.69, 9.17) is 5.73 Å². The van der Waals surface area contributed by atoms with Gasteiger partial charge in [-0.05, 0) is 24.3 Å². The number of nitrogens with two attached hydrogens (primary N) is 1. The monoisotopic (exact) mass is 298 g/mol. The van der Waals surface area contributed by atoms with Crippen molar-refractivity contribution in [3.8, 4) is 0 Å². The second-order valence-corrected chi connectivity index (χ2v) is 5.50. The smallest absolute Gasteiger partial charge is 0.236 e. The highest BCUT2D eigenvalue weighted by atomic mass is 35.5. The van der Waals surface area contributed by atoms with Crippen LogP contribution in [0.2, 0.25) is 0 Å². The van der Waals surface area contributed by atoms with E-state index in [9.17, 15) is 4.79 Å². The van der Waals surface area contributed by atoms with Crippen molar-refractivity contribution in [2.75, 3.05) is 6.54 Å². The van der Waals surface area contributed by atoms with Crippen LogP contribution in [-0.2, 0) is 4.79 Å². The Morgan fingerprint density at radius 1 is 1.25 bits per heavy atom. The summed E-state index contributed by atoms with van der Waals surface area (Å²) in [6.45, 7) is 6.95. The van der Waals surface area contributed by atoms with Crippen molar-refractivity contribution >= 4 is 18.3 Å². The lowest BCUT2D eigenvalue weighted by molar-refractivity contribution is -0.122. The van der Waals surface area contributed by atoms with Gasteiger partial charge >= 0.3 is 0 Å². The zero-order valence-corrected chi connectivity index (χ0v) is 13.5. The third kappa shape index (κ3) is 6.40. The Balaban J connectivity index is 0.00000361. The van der Waals surface area contributed by atoms with Crippen LogP contribution in [0, 0.1) is 5.92 Å². The fraction of sp³-hybridized carbons (Fsp3) is 0.562. The molecule has 20 heavy (non-hydrogen) atoms. The van der Waals surface area contributed by atoms with Crippen LogP contribution in [-0.4, -0.2) is 18.5 Å². The first-order valence-electron chi connectivity index (χ1n) is 7.12. The number of carbonyl (C=O) groups is 1. The summed E-state index contributed by atoms with van der Waals surface area (Å²) < 4.78 is 0. The third-order valence-corrected chi connectivity index (χ3v) is 3.35. The van der Waals surface area contributed by atoms with Crippen molar-refractivity contribution in [1.29, 1.82) is 0 Å². The SMILES string of the molecule is CCC(CNC(=O)[C@@H](N)CC(C)C)c1ccccc1.Cl. The lowest BCUT2D eigenvalue weighted by Crippen LogP contribution is -2.42. The first-order valence-corrected chi connectivity index (χ1v) is 7.12. The van der Waals surface area contributed by atoms with E-state index in [1.165, 1.54) is 5.56 Å². The molecule has 0 aliphatic carbocycles. The van der Waals surface area contributed by atoms with Crippen molar-refractivity contribution < 1.29 is 4.79 Å². The maximum absolute atomic E-state index is 11.9. The molecule has 1 rings (SSSR count). The van der Waals surface area contributed by atoms with Gasteiger partial charge in [-0.2, -0.15) is 0 Å². The normalized spacial score (nSPS) is 13.4. The zero-order chi connectivity index (χ0) is 14.3. The number of amides is 1. The molecule has 0 spiro atoms. The molecule has 0 radical (unpaired) electrons. The van der Waals surface area contributed by atoms with Gasteiger partial charge in [0.25, 0.3) is 0 Å². The van der Waals surface area contributed by atoms with Gasteiger partial charge in [0.2, 0.25) is 5.91 Å². The second kappa shape index (κ2) is 9.78. The molecule has 0 aromatic heterocycles. The van der Waals surface area contributed by atoms with Gasteiger partial charge in [-0.3, -0.25) is 4.79 Å². The quantitative estimate of drug-likeness (QED) is 0.813. The summed E-state index contributed by atoms with van der Waals surface area (Å²) in [5.41, 5.74) is 7.14. The summed E-state index contributed by atoms with van der Waals surface area (Å²) in [5.74, 6) is 0.760. The van der Waals surface area contributed by atoms with E-state index in [1.807, 2.05) is 18.2 Å². The van der Waals surface area contributed by atoms with Crippen molar-refractivity contribution in [2.24, 2.45) is 11.7 Å². The lowest BCUT2D eigenvalue weighted by Gasteiger charge is -2.19. The van der Waals surface area contributed by atoms with Crippen LogP contribution in [0.1, 0.15) is 45.1 Å². The number of rotatable bonds is 7. The van der Waals surface area contributed by atoms with Crippen molar-refractivity contribution in [1.82, 2.24) is 5.32 Å².